The second-order valence-corrected chi connectivity index (χ2v) is 7.15. The van der Waals surface area contributed by atoms with Crippen molar-refractivity contribution in [3.8, 4) is 28.4 Å². The van der Waals surface area contributed by atoms with E-state index in [2.05, 4.69) is 16.5 Å². The summed E-state index contributed by atoms with van der Waals surface area (Å²) >= 11 is 0. The summed E-state index contributed by atoms with van der Waals surface area (Å²) < 4.78 is 13.8. The highest BCUT2D eigenvalue weighted by molar-refractivity contribution is 5.62. The van der Waals surface area contributed by atoms with Crippen LogP contribution in [0.1, 0.15) is 5.56 Å². The quantitative estimate of drug-likeness (QED) is 0.534. The summed E-state index contributed by atoms with van der Waals surface area (Å²) in [4.78, 5) is 4.25. The minimum absolute atomic E-state index is 0.0362. The van der Waals surface area contributed by atoms with Crippen molar-refractivity contribution >= 4 is 0 Å². The molecular weight excluding hydrogens is 376 g/mol. The summed E-state index contributed by atoms with van der Waals surface area (Å²) in [6.45, 7) is 1.87. The first-order chi connectivity index (χ1) is 14.9. The Morgan fingerprint density at radius 2 is 1.80 bits per heavy atom. The predicted octanol–water partition coefficient (Wildman–Crippen LogP) is 3.86. The molecule has 1 atom stereocenters. The molecule has 0 saturated carbocycles. The van der Waals surface area contributed by atoms with Crippen LogP contribution in [0, 0.1) is 0 Å². The van der Waals surface area contributed by atoms with E-state index in [1.54, 1.807) is 6.20 Å². The van der Waals surface area contributed by atoms with Crippen molar-refractivity contribution in [1.29, 1.82) is 0 Å². The number of aromatic nitrogens is 3. The Balaban J connectivity index is 1.32. The van der Waals surface area contributed by atoms with Crippen LogP contribution in [0.15, 0.2) is 85.3 Å². The number of fused-ring (bicyclic) bond motifs is 1. The van der Waals surface area contributed by atoms with Crippen molar-refractivity contribution in [1.82, 2.24) is 20.1 Å². The largest absolute Gasteiger partial charge is 0.486 e. The lowest BCUT2D eigenvalue weighted by Crippen LogP contribution is -2.38. The molecule has 0 saturated heterocycles. The van der Waals surface area contributed by atoms with Gasteiger partial charge in [-0.1, -0.05) is 30.3 Å². The Kier molecular flexibility index (Phi) is 5.14. The number of para-hydroxylation sites is 3. The van der Waals surface area contributed by atoms with Gasteiger partial charge in [0.1, 0.15) is 12.7 Å². The maximum atomic E-state index is 6.04. The van der Waals surface area contributed by atoms with Crippen LogP contribution in [-0.2, 0) is 6.54 Å². The van der Waals surface area contributed by atoms with Crippen LogP contribution in [-0.4, -0.2) is 34.0 Å². The van der Waals surface area contributed by atoms with Crippen molar-refractivity contribution in [2.45, 2.75) is 12.6 Å². The normalized spacial score (nSPS) is 15.1. The first-order valence-electron chi connectivity index (χ1n) is 10.0. The molecule has 0 spiro atoms. The van der Waals surface area contributed by atoms with Gasteiger partial charge in [0.05, 0.1) is 11.4 Å². The molecule has 5 rings (SSSR count). The van der Waals surface area contributed by atoms with Gasteiger partial charge in [0.2, 0.25) is 0 Å². The monoisotopic (exact) mass is 398 g/mol. The predicted molar refractivity (Wildman–Crippen MR) is 115 cm³/mol. The lowest BCUT2D eigenvalue weighted by molar-refractivity contribution is 0.0902. The smallest absolute Gasteiger partial charge is 0.161 e. The minimum Gasteiger partial charge on any atom is -0.486 e. The zero-order valence-electron chi connectivity index (χ0n) is 16.4. The number of benzene rings is 2. The first kappa shape index (κ1) is 18.4. The number of nitrogens with one attached hydrogen (secondary N) is 1. The summed E-state index contributed by atoms with van der Waals surface area (Å²) in [5.41, 5.74) is 4.04. The highest BCUT2D eigenvalue weighted by atomic mass is 16.6. The molecule has 1 aliphatic rings. The molecule has 6 nitrogen and oxygen atoms in total. The van der Waals surface area contributed by atoms with E-state index < -0.39 is 0 Å². The van der Waals surface area contributed by atoms with Crippen LogP contribution < -0.4 is 14.8 Å². The van der Waals surface area contributed by atoms with Crippen LogP contribution in [0.3, 0.4) is 0 Å². The fourth-order valence-electron chi connectivity index (χ4n) is 3.53. The second-order valence-electron chi connectivity index (χ2n) is 7.15. The maximum absolute atomic E-state index is 6.04. The summed E-state index contributed by atoms with van der Waals surface area (Å²) in [7, 11) is 0. The van der Waals surface area contributed by atoms with E-state index in [1.165, 1.54) is 0 Å². The van der Waals surface area contributed by atoms with Crippen LogP contribution in [0.4, 0.5) is 0 Å². The van der Waals surface area contributed by atoms with Gasteiger partial charge in [0, 0.05) is 42.8 Å². The van der Waals surface area contributed by atoms with Crippen LogP contribution in [0.5, 0.6) is 11.5 Å². The Morgan fingerprint density at radius 3 is 2.63 bits per heavy atom. The molecular formula is C24H22N4O2. The minimum atomic E-state index is -0.0362. The van der Waals surface area contributed by atoms with Crippen molar-refractivity contribution in [2.75, 3.05) is 13.2 Å². The van der Waals surface area contributed by atoms with E-state index in [4.69, 9.17) is 14.6 Å². The summed E-state index contributed by atoms with van der Waals surface area (Å²) in [5, 5.41) is 8.33. The fraction of sp³-hybridized carbons (Fsp3) is 0.167. The van der Waals surface area contributed by atoms with Crippen LogP contribution in [0.25, 0.3) is 16.9 Å². The highest BCUT2D eigenvalue weighted by Crippen LogP contribution is 2.30. The molecule has 2 aromatic heterocycles. The zero-order chi connectivity index (χ0) is 20.2. The van der Waals surface area contributed by atoms with Crippen LogP contribution in [0.2, 0.25) is 0 Å². The fourth-order valence-corrected chi connectivity index (χ4v) is 3.53. The zero-order valence-corrected chi connectivity index (χ0v) is 16.4. The van der Waals surface area contributed by atoms with Gasteiger partial charge >= 0.3 is 0 Å². The van der Waals surface area contributed by atoms with Crippen molar-refractivity contribution in [2.24, 2.45) is 0 Å². The van der Waals surface area contributed by atoms with Gasteiger partial charge in [-0.3, -0.25) is 4.98 Å². The van der Waals surface area contributed by atoms with E-state index >= 15 is 0 Å². The first-order valence-corrected chi connectivity index (χ1v) is 10.0. The maximum Gasteiger partial charge on any atom is 0.161 e. The van der Waals surface area contributed by atoms with Crippen molar-refractivity contribution in [3.63, 3.8) is 0 Å². The topological polar surface area (TPSA) is 61.2 Å². The standard InChI is InChI=1S/C24H22N4O2/c1-2-8-20(9-3-1)28-16-19(24(27-28)18-7-6-12-25-13-18)14-26-15-21-17-29-22-10-4-5-11-23(22)30-21/h1-13,16,21,26H,14-15,17H2/t21-/m0/s1. The van der Waals surface area contributed by atoms with E-state index in [-0.39, 0.29) is 6.10 Å². The Labute approximate surface area is 175 Å². The van der Waals surface area contributed by atoms with Crippen molar-refractivity contribution < 1.29 is 9.47 Å². The van der Waals surface area contributed by atoms with E-state index in [9.17, 15) is 0 Å². The van der Waals surface area contributed by atoms with E-state index in [1.807, 2.05) is 77.6 Å². The molecule has 3 heterocycles. The number of hydrogen-bond donors (Lipinski definition) is 1. The van der Waals surface area contributed by atoms with Gasteiger partial charge in [-0.2, -0.15) is 5.10 Å². The molecule has 1 aliphatic heterocycles. The number of pyridine rings is 1. The van der Waals surface area contributed by atoms with Gasteiger partial charge in [-0.15, -0.1) is 0 Å². The number of rotatable bonds is 6. The molecule has 0 radical (unpaired) electrons. The van der Waals surface area contributed by atoms with Gasteiger partial charge < -0.3 is 14.8 Å². The molecule has 4 aromatic rings. The SMILES string of the molecule is c1ccc(-n2cc(CNC[C@H]3COc4ccccc4O3)c(-c3cccnc3)n2)cc1. The summed E-state index contributed by atoms with van der Waals surface area (Å²) in [6, 6.07) is 21.8. The van der Waals surface area contributed by atoms with Gasteiger partial charge in [0.15, 0.2) is 11.5 Å². The Morgan fingerprint density at radius 1 is 0.967 bits per heavy atom. The molecule has 150 valence electrons. The van der Waals surface area contributed by atoms with E-state index in [0.717, 1.165) is 34.0 Å². The van der Waals surface area contributed by atoms with Crippen LogP contribution >= 0.6 is 0 Å². The lowest BCUT2D eigenvalue weighted by Gasteiger charge is -2.26. The average Bonchev–Trinajstić information content (AvgIpc) is 3.24. The Hall–Kier alpha value is -3.64. The third-order valence-electron chi connectivity index (χ3n) is 5.00. The van der Waals surface area contributed by atoms with Crippen molar-refractivity contribution in [3.05, 3.63) is 90.9 Å². The third-order valence-corrected chi connectivity index (χ3v) is 5.00. The highest BCUT2D eigenvalue weighted by Gasteiger charge is 2.20. The van der Waals surface area contributed by atoms with Gasteiger partial charge in [-0.25, -0.2) is 4.68 Å². The molecule has 0 amide bonds. The molecule has 0 unspecified atom stereocenters. The second kappa shape index (κ2) is 8.39. The van der Waals surface area contributed by atoms with E-state index in [0.29, 0.717) is 19.7 Å². The van der Waals surface area contributed by atoms with Gasteiger partial charge in [-0.05, 0) is 36.4 Å². The number of hydrogen-bond acceptors (Lipinski definition) is 5. The molecule has 0 bridgehead atoms. The summed E-state index contributed by atoms with van der Waals surface area (Å²) in [5.74, 6) is 1.60. The third kappa shape index (κ3) is 3.90. The van der Waals surface area contributed by atoms with Gasteiger partial charge in [0.25, 0.3) is 0 Å². The number of ether oxygens (including phenoxy) is 2. The lowest BCUT2D eigenvalue weighted by atomic mass is 10.1. The molecule has 2 aromatic carbocycles. The number of nitrogens with zero attached hydrogens (tertiary/aromatic N) is 3. The molecule has 0 fully saturated rings. The molecule has 6 heteroatoms. The molecule has 30 heavy (non-hydrogen) atoms. The molecule has 1 N–H and O–H groups in total. The molecule has 0 aliphatic carbocycles. The summed E-state index contributed by atoms with van der Waals surface area (Å²) in [6.07, 6.45) is 5.65. The Bertz CT molecular complexity index is 1110. The average molecular weight is 398 g/mol.